The molecular weight excluding hydrogens is 496 g/mol. The normalized spacial score (nSPS) is 11.8. The van der Waals surface area contributed by atoms with E-state index < -0.39 is 0 Å². The van der Waals surface area contributed by atoms with E-state index in [1.54, 1.807) is 0 Å². The zero-order chi connectivity index (χ0) is 28.0. The van der Waals surface area contributed by atoms with Gasteiger partial charge in [0.2, 0.25) is 0 Å². The third-order valence-electron chi connectivity index (χ3n) is 7.91. The van der Waals surface area contributed by atoms with Gasteiger partial charge >= 0.3 is 0 Å². The van der Waals surface area contributed by atoms with E-state index in [-0.39, 0.29) is 5.41 Å². The van der Waals surface area contributed by atoms with Crippen LogP contribution >= 0.6 is 0 Å². The third-order valence-corrected chi connectivity index (χ3v) is 7.91. The monoisotopic (exact) mass is 528 g/mol. The van der Waals surface area contributed by atoms with Crippen molar-refractivity contribution < 1.29 is 0 Å². The molecule has 0 radical (unpaired) electrons. The van der Waals surface area contributed by atoms with Gasteiger partial charge in [0.1, 0.15) is 5.82 Å². The topological polar surface area (TPSA) is 16.1 Å². The predicted octanol–water partition coefficient (Wildman–Crippen LogP) is 11.0. The second-order valence-electron chi connectivity index (χ2n) is 11.7. The zero-order valence-corrected chi connectivity index (χ0v) is 23.7. The van der Waals surface area contributed by atoms with E-state index in [9.17, 15) is 0 Å². The first-order valence-electron chi connectivity index (χ1n) is 14.2. The summed E-state index contributed by atoms with van der Waals surface area (Å²) < 4.78 is 0. The fourth-order valence-electron chi connectivity index (χ4n) is 5.92. The molecule has 0 N–H and O–H groups in total. The van der Waals surface area contributed by atoms with Gasteiger partial charge in [-0.05, 0) is 63.0 Å². The van der Waals surface area contributed by atoms with Gasteiger partial charge < -0.3 is 0 Å². The number of pyridine rings is 1. The molecule has 0 fully saturated rings. The van der Waals surface area contributed by atoms with E-state index in [1.165, 1.54) is 43.4 Å². The number of nitrogens with zero attached hydrogens (tertiary/aromatic N) is 2. The molecule has 2 heteroatoms. The third kappa shape index (κ3) is 4.42. The fraction of sp³-hybridized carbons (Fsp3) is 0.103. The Bertz CT molecular complexity index is 1980. The first-order chi connectivity index (χ1) is 20.0. The summed E-state index contributed by atoms with van der Waals surface area (Å²) in [6, 6.07) is 50.0. The number of aromatic nitrogens is 1. The van der Waals surface area contributed by atoms with Crippen molar-refractivity contribution >= 4 is 49.5 Å². The highest BCUT2D eigenvalue weighted by atomic mass is 15.2. The number of hydrogen-bond donors (Lipinski definition) is 0. The first-order valence-corrected chi connectivity index (χ1v) is 14.2. The molecule has 0 aliphatic heterocycles. The summed E-state index contributed by atoms with van der Waals surface area (Å²) in [4.78, 5) is 7.59. The molecule has 7 rings (SSSR count). The van der Waals surface area contributed by atoms with E-state index in [0.717, 1.165) is 22.9 Å². The zero-order valence-electron chi connectivity index (χ0n) is 23.7. The van der Waals surface area contributed by atoms with Crippen molar-refractivity contribution in [3.63, 3.8) is 0 Å². The Balaban J connectivity index is 1.59. The minimum Gasteiger partial charge on any atom is -0.294 e. The second-order valence-corrected chi connectivity index (χ2v) is 11.7. The molecule has 0 unspecified atom stereocenters. The highest BCUT2D eigenvalue weighted by Gasteiger charge is 2.24. The van der Waals surface area contributed by atoms with Gasteiger partial charge in [-0.1, -0.05) is 130 Å². The summed E-state index contributed by atoms with van der Waals surface area (Å²) in [5.74, 6) is 0.914. The molecular formula is C39H32N2. The van der Waals surface area contributed by atoms with Gasteiger partial charge in [-0.2, -0.15) is 0 Å². The van der Waals surface area contributed by atoms with Crippen LogP contribution < -0.4 is 4.90 Å². The molecule has 1 heterocycles. The molecule has 0 saturated carbocycles. The number of rotatable bonds is 4. The Hall–Kier alpha value is -4.95. The summed E-state index contributed by atoms with van der Waals surface area (Å²) >= 11 is 0. The van der Waals surface area contributed by atoms with Crippen LogP contribution in [0.5, 0.6) is 0 Å². The minimum atomic E-state index is -0.0670. The molecule has 1 aromatic heterocycles. The minimum absolute atomic E-state index is 0.0670. The maximum Gasteiger partial charge on any atom is 0.137 e. The molecule has 0 aliphatic carbocycles. The number of para-hydroxylation sites is 1. The van der Waals surface area contributed by atoms with Crippen LogP contribution in [0.25, 0.3) is 43.4 Å². The van der Waals surface area contributed by atoms with Gasteiger partial charge in [-0.15, -0.1) is 0 Å². The lowest BCUT2D eigenvalue weighted by atomic mass is 9.89. The highest BCUT2D eigenvalue weighted by molar-refractivity contribution is 6.22. The predicted molar refractivity (Wildman–Crippen MR) is 176 cm³/mol. The smallest absolute Gasteiger partial charge is 0.137 e. The van der Waals surface area contributed by atoms with Crippen LogP contribution in [-0.4, -0.2) is 4.98 Å². The van der Waals surface area contributed by atoms with E-state index >= 15 is 0 Å². The van der Waals surface area contributed by atoms with Crippen molar-refractivity contribution in [1.29, 1.82) is 0 Å². The maximum atomic E-state index is 5.25. The molecule has 198 valence electrons. The van der Waals surface area contributed by atoms with Gasteiger partial charge in [-0.3, -0.25) is 4.90 Å². The van der Waals surface area contributed by atoms with Gasteiger partial charge in [0, 0.05) is 27.6 Å². The number of anilines is 3. The highest BCUT2D eigenvalue weighted by Crippen LogP contribution is 2.48. The van der Waals surface area contributed by atoms with E-state index in [2.05, 4.69) is 165 Å². The molecule has 0 atom stereocenters. The largest absolute Gasteiger partial charge is 0.294 e. The van der Waals surface area contributed by atoms with Gasteiger partial charge in [-0.25, -0.2) is 4.98 Å². The van der Waals surface area contributed by atoms with Crippen molar-refractivity contribution in [3.05, 3.63) is 145 Å². The molecule has 7 aromatic rings. The molecule has 0 saturated heterocycles. The van der Waals surface area contributed by atoms with Crippen molar-refractivity contribution in [3.8, 4) is 11.1 Å². The lowest BCUT2D eigenvalue weighted by molar-refractivity contribution is 0.569. The van der Waals surface area contributed by atoms with Crippen molar-refractivity contribution in [1.82, 2.24) is 4.98 Å². The molecule has 0 amide bonds. The lowest BCUT2D eigenvalue weighted by Gasteiger charge is -2.30. The summed E-state index contributed by atoms with van der Waals surface area (Å²) in [6.45, 7) is 6.65. The van der Waals surface area contributed by atoms with Crippen LogP contribution in [0.2, 0.25) is 0 Å². The Morgan fingerprint density at radius 1 is 0.512 bits per heavy atom. The Kier molecular flexibility index (Phi) is 6.05. The quantitative estimate of drug-likeness (QED) is 0.211. The maximum absolute atomic E-state index is 5.25. The number of fused-ring (bicyclic) bond motifs is 3. The average molecular weight is 529 g/mol. The number of hydrogen-bond acceptors (Lipinski definition) is 2. The van der Waals surface area contributed by atoms with E-state index in [1.807, 2.05) is 0 Å². The molecule has 0 aliphatic rings. The van der Waals surface area contributed by atoms with Gasteiger partial charge in [0.25, 0.3) is 0 Å². The van der Waals surface area contributed by atoms with E-state index in [0.29, 0.717) is 0 Å². The van der Waals surface area contributed by atoms with Crippen LogP contribution in [0.4, 0.5) is 17.2 Å². The Morgan fingerprint density at radius 2 is 1.10 bits per heavy atom. The molecule has 0 spiro atoms. The van der Waals surface area contributed by atoms with Crippen LogP contribution in [-0.2, 0) is 5.41 Å². The van der Waals surface area contributed by atoms with Gasteiger partial charge in [0.05, 0.1) is 5.69 Å². The lowest BCUT2D eigenvalue weighted by Crippen LogP contribution is -2.18. The van der Waals surface area contributed by atoms with E-state index in [4.69, 9.17) is 4.98 Å². The van der Waals surface area contributed by atoms with Crippen LogP contribution in [0, 0.1) is 0 Å². The summed E-state index contributed by atoms with van der Waals surface area (Å²) in [7, 11) is 0. The molecule has 6 aromatic carbocycles. The van der Waals surface area contributed by atoms with Crippen LogP contribution in [0.3, 0.4) is 0 Å². The van der Waals surface area contributed by atoms with Crippen molar-refractivity contribution in [2.24, 2.45) is 0 Å². The van der Waals surface area contributed by atoms with Crippen LogP contribution in [0.15, 0.2) is 140 Å². The second kappa shape index (κ2) is 9.91. The number of benzene rings is 6. The Labute approximate surface area is 241 Å². The summed E-state index contributed by atoms with van der Waals surface area (Å²) in [5.41, 5.74) is 5.71. The molecule has 2 nitrogen and oxygen atoms in total. The summed E-state index contributed by atoms with van der Waals surface area (Å²) in [6.07, 6.45) is 0. The first kappa shape index (κ1) is 25.0. The van der Waals surface area contributed by atoms with Crippen molar-refractivity contribution in [2.75, 3.05) is 4.90 Å². The van der Waals surface area contributed by atoms with Crippen molar-refractivity contribution in [2.45, 2.75) is 26.2 Å². The molecule has 0 bridgehead atoms. The standard InChI is InChI=1S/C39H32N2/c1-39(2,3)35-22-13-23-36(40-35)41(30-16-5-4-6-17-30)38-33-20-11-9-18-31(33)37(32-19-10-12-21-34(32)38)29-25-24-27-14-7-8-15-28(27)26-29/h4-26H,1-3H3. The fourth-order valence-corrected chi connectivity index (χ4v) is 5.92. The molecule has 41 heavy (non-hydrogen) atoms. The van der Waals surface area contributed by atoms with Gasteiger partial charge in [0.15, 0.2) is 0 Å². The van der Waals surface area contributed by atoms with Crippen LogP contribution in [0.1, 0.15) is 26.5 Å². The average Bonchev–Trinajstić information content (AvgIpc) is 3.01. The summed E-state index contributed by atoms with van der Waals surface area (Å²) in [5, 5.41) is 7.34. The SMILES string of the molecule is CC(C)(C)c1cccc(N(c2ccccc2)c2c3ccccc3c(-c3ccc4ccccc4c3)c3ccccc23)n1. The Morgan fingerprint density at radius 3 is 1.76 bits per heavy atom.